The quantitative estimate of drug-likeness (QED) is 0.883. The molecule has 2 N–H and O–H groups in total. The molecule has 0 bridgehead atoms. The molecule has 2 rings (SSSR count). The molecule has 0 aliphatic heterocycles. The van der Waals surface area contributed by atoms with Crippen LogP contribution in [0.2, 0.25) is 0 Å². The lowest BCUT2D eigenvalue weighted by Gasteiger charge is -2.13. The predicted molar refractivity (Wildman–Crippen MR) is 76.6 cm³/mol. The number of benzene rings is 1. The molecule has 96 valence electrons. The van der Waals surface area contributed by atoms with E-state index in [9.17, 15) is 9.00 Å². The fourth-order valence-corrected chi connectivity index (χ4v) is 2.74. The van der Waals surface area contributed by atoms with Gasteiger partial charge in [0.05, 0.1) is 0 Å². The van der Waals surface area contributed by atoms with Crippen molar-refractivity contribution in [3.05, 3.63) is 40.7 Å². The van der Waals surface area contributed by atoms with Crippen molar-refractivity contribution in [2.45, 2.75) is 13.0 Å². The van der Waals surface area contributed by atoms with Crippen LogP contribution in [0.25, 0.3) is 10.8 Å². The minimum Gasteiger partial charge on any atom is -0.368 e. The highest BCUT2D eigenvalue weighted by Crippen LogP contribution is 2.13. The molecule has 2 unspecified atom stereocenters. The first-order valence-corrected chi connectivity index (χ1v) is 7.47. The van der Waals surface area contributed by atoms with Crippen LogP contribution < -0.4 is 10.9 Å². The zero-order valence-electron chi connectivity index (χ0n) is 10.4. The topological polar surface area (TPSA) is 62.0 Å². The number of nitrogens with one attached hydrogen (secondary N) is 2. The second kappa shape index (κ2) is 5.35. The Labute approximate surface area is 108 Å². The van der Waals surface area contributed by atoms with E-state index in [0.29, 0.717) is 17.0 Å². The lowest BCUT2D eigenvalue weighted by atomic mass is 10.2. The van der Waals surface area contributed by atoms with Gasteiger partial charge in [-0.3, -0.25) is 9.00 Å². The number of hydrogen-bond donors (Lipinski definition) is 2. The number of hydrogen-bond acceptors (Lipinski definition) is 3. The molecule has 18 heavy (non-hydrogen) atoms. The predicted octanol–water partition coefficient (Wildman–Crippen LogP) is 1.71. The van der Waals surface area contributed by atoms with E-state index in [-0.39, 0.29) is 11.6 Å². The molecule has 0 fully saturated rings. The van der Waals surface area contributed by atoms with E-state index in [1.54, 1.807) is 12.3 Å². The number of H-pyrrole nitrogens is 1. The average Bonchev–Trinajstić information content (AvgIpc) is 2.27. The van der Waals surface area contributed by atoms with Gasteiger partial charge in [0.15, 0.2) is 0 Å². The highest BCUT2D eigenvalue weighted by molar-refractivity contribution is 7.84. The number of fused-ring (bicyclic) bond motifs is 1. The van der Waals surface area contributed by atoms with Crippen LogP contribution in [-0.4, -0.2) is 27.2 Å². The van der Waals surface area contributed by atoms with Crippen molar-refractivity contribution in [3.8, 4) is 0 Å². The summed E-state index contributed by atoms with van der Waals surface area (Å²) >= 11 is 0. The van der Waals surface area contributed by atoms with Gasteiger partial charge in [-0.1, -0.05) is 18.2 Å². The fourth-order valence-electron chi connectivity index (χ4n) is 1.95. The van der Waals surface area contributed by atoms with E-state index >= 15 is 0 Å². The summed E-state index contributed by atoms with van der Waals surface area (Å²) in [6.07, 6.45) is 1.67. The van der Waals surface area contributed by atoms with Crippen LogP contribution in [0.3, 0.4) is 0 Å². The molecule has 1 aromatic heterocycles. The van der Waals surface area contributed by atoms with Crippen molar-refractivity contribution >= 4 is 27.4 Å². The molecule has 1 heterocycles. The number of anilines is 1. The van der Waals surface area contributed by atoms with Crippen LogP contribution >= 0.6 is 0 Å². The molecular formula is C13H16N2O2S. The number of aromatic amines is 1. The van der Waals surface area contributed by atoms with Crippen LogP contribution in [0.4, 0.5) is 5.82 Å². The highest BCUT2D eigenvalue weighted by atomic mass is 32.2. The van der Waals surface area contributed by atoms with E-state index in [1.807, 2.05) is 31.2 Å². The van der Waals surface area contributed by atoms with Gasteiger partial charge >= 0.3 is 0 Å². The lowest BCUT2D eigenvalue weighted by Crippen LogP contribution is -2.24. The zero-order valence-corrected chi connectivity index (χ0v) is 11.2. The summed E-state index contributed by atoms with van der Waals surface area (Å²) in [7, 11) is -0.856. The first kappa shape index (κ1) is 12.8. The average molecular weight is 264 g/mol. The van der Waals surface area contributed by atoms with Gasteiger partial charge < -0.3 is 10.3 Å². The summed E-state index contributed by atoms with van der Waals surface area (Å²) < 4.78 is 11.1. The van der Waals surface area contributed by atoms with Gasteiger partial charge in [-0.25, -0.2) is 0 Å². The van der Waals surface area contributed by atoms with Gasteiger partial charge in [0.25, 0.3) is 5.56 Å². The van der Waals surface area contributed by atoms with Gasteiger partial charge in [-0.05, 0) is 24.4 Å². The van der Waals surface area contributed by atoms with Crippen LogP contribution in [-0.2, 0) is 10.8 Å². The first-order chi connectivity index (χ1) is 8.56. The summed E-state index contributed by atoms with van der Waals surface area (Å²) in [4.78, 5) is 14.6. The highest BCUT2D eigenvalue weighted by Gasteiger charge is 2.06. The fraction of sp³-hybridized carbons (Fsp3) is 0.308. The number of pyridine rings is 1. The molecule has 0 saturated heterocycles. The molecule has 4 nitrogen and oxygen atoms in total. The van der Waals surface area contributed by atoms with Crippen molar-refractivity contribution in [3.63, 3.8) is 0 Å². The summed E-state index contributed by atoms with van der Waals surface area (Å²) in [5, 5.41) is 4.73. The van der Waals surface area contributed by atoms with Gasteiger partial charge in [0.1, 0.15) is 5.82 Å². The van der Waals surface area contributed by atoms with Crippen molar-refractivity contribution < 1.29 is 4.21 Å². The van der Waals surface area contributed by atoms with E-state index < -0.39 is 10.8 Å². The lowest BCUT2D eigenvalue weighted by molar-refractivity contribution is 0.683. The molecule has 0 aliphatic rings. The summed E-state index contributed by atoms with van der Waals surface area (Å²) in [5.74, 6) is 1.21. The summed E-state index contributed by atoms with van der Waals surface area (Å²) in [6.45, 7) is 1.94. The molecule has 0 radical (unpaired) electrons. The van der Waals surface area contributed by atoms with E-state index in [4.69, 9.17) is 0 Å². The Hall–Kier alpha value is -1.62. The van der Waals surface area contributed by atoms with E-state index in [2.05, 4.69) is 10.3 Å². The molecule has 0 saturated carbocycles. The Morgan fingerprint density at radius 2 is 2.11 bits per heavy atom. The standard InChI is InChI=1S/C13H16N2O2S/c1-9(8-18(2)17)14-12-7-10-5-3-4-6-11(10)13(16)15-12/h3-7,9H,8H2,1-2H3,(H2,14,15,16). The first-order valence-electron chi connectivity index (χ1n) is 5.75. The van der Waals surface area contributed by atoms with Gasteiger partial charge in [-0.2, -0.15) is 0 Å². The molecule has 0 amide bonds. The second-order valence-corrected chi connectivity index (χ2v) is 5.86. The van der Waals surface area contributed by atoms with Crippen LogP contribution in [0.15, 0.2) is 35.1 Å². The Morgan fingerprint density at radius 3 is 2.83 bits per heavy atom. The Morgan fingerprint density at radius 1 is 1.39 bits per heavy atom. The van der Waals surface area contributed by atoms with Crippen molar-refractivity contribution in [2.24, 2.45) is 0 Å². The molecule has 2 aromatic rings. The Bertz CT molecular complexity index is 636. The third-order valence-electron chi connectivity index (χ3n) is 2.64. The third-order valence-corrected chi connectivity index (χ3v) is 3.61. The van der Waals surface area contributed by atoms with Crippen molar-refractivity contribution in [2.75, 3.05) is 17.3 Å². The molecule has 0 spiro atoms. The third kappa shape index (κ3) is 2.98. The molecule has 5 heteroatoms. The number of aromatic nitrogens is 1. The number of rotatable bonds is 4. The van der Waals surface area contributed by atoms with Crippen molar-refractivity contribution in [1.82, 2.24) is 4.98 Å². The normalized spacial score (nSPS) is 14.3. The van der Waals surface area contributed by atoms with Crippen LogP contribution in [0.1, 0.15) is 6.92 Å². The minimum atomic E-state index is -0.856. The van der Waals surface area contributed by atoms with E-state index in [1.165, 1.54) is 0 Å². The van der Waals surface area contributed by atoms with Gasteiger partial charge in [-0.15, -0.1) is 0 Å². The summed E-state index contributed by atoms with van der Waals surface area (Å²) in [6, 6.07) is 9.38. The van der Waals surface area contributed by atoms with Gasteiger partial charge in [0.2, 0.25) is 0 Å². The molecular weight excluding hydrogens is 248 g/mol. The van der Waals surface area contributed by atoms with Crippen LogP contribution in [0.5, 0.6) is 0 Å². The molecule has 1 aromatic carbocycles. The molecule has 0 aliphatic carbocycles. The smallest absolute Gasteiger partial charge is 0.257 e. The SMILES string of the molecule is CC(CS(C)=O)Nc1cc2ccccc2c(=O)[nH]1. The van der Waals surface area contributed by atoms with Gasteiger partial charge in [0, 0.05) is 34.2 Å². The largest absolute Gasteiger partial charge is 0.368 e. The summed E-state index contributed by atoms with van der Waals surface area (Å²) in [5.41, 5.74) is -0.111. The Balaban J connectivity index is 2.30. The van der Waals surface area contributed by atoms with E-state index in [0.717, 1.165) is 5.39 Å². The Kier molecular flexibility index (Phi) is 3.81. The second-order valence-electron chi connectivity index (χ2n) is 4.38. The maximum Gasteiger partial charge on any atom is 0.257 e. The molecule has 2 atom stereocenters. The monoisotopic (exact) mass is 264 g/mol. The maximum atomic E-state index is 11.8. The maximum absolute atomic E-state index is 11.8. The minimum absolute atomic E-state index is 0.0487. The van der Waals surface area contributed by atoms with Crippen LogP contribution in [0, 0.1) is 0 Å². The van der Waals surface area contributed by atoms with Crippen molar-refractivity contribution in [1.29, 1.82) is 0 Å². The zero-order chi connectivity index (χ0) is 13.1.